The molecule has 0 amide bonds. The maximum absolute atomic E-state index is 13.7. The van der Waals surface area contributed by atoms with E-state index in [0.29, 0.717) is 0 Å². The zero-order valence-corrected chi connectivity index (χ0v) is 13.1. The van der Waals surface area contributed by atoms with E-state index >= 15 is 0 Å². The van der Waals surface area contributed by atoms with Crippen LogP contribution in [0.1, 0.15) is 38.2 Å². The van der Waals surface area contributed by atoms with Crippen molar-refractivity contribution in [2.75, 3.05) is 13.2 Å². The van der Waals surface area contributed by atoms with Gasteiger partial charge in [0.1, 0.15) is 5.92 Å². The maximum atomic E-state index is 13.7. The zero-order chi connectivity index (χ0) is 16.7. The second-order valence-electron chi connectivity index (χ2n) is 5.47. The van der Waals surface area contributed by atoms with E-state index in [0.717, 1.165) is 31.7 Å². The standard InChI is InChI=1S/C17H20FNO4/c1-2-3-4-5-16-21-10-13(11-22-16)17(20)23-15-7-6-12(9-19)8-14(15)18/h6-8,13,16H,2-5,10-11H2,1H3. The van der Waals surface area contributed by atoms with Gasteiger partial charge in [0.05, 0.1) is 24.8 Å². The molecule has 0 saturated carbocycles. The molecule has 1 aromatic carbocycles. The Balaban J connectivity index is 1.82. The van der Waals surface area contributed by atoms with E-state index in [2.05, 4.69) is 6.92 Å². The van der Waals surface area contributed by atoms with Crippen LogP contribution < -0.4 is 4.74 Å². The van der Waals surface area contributed by atoms with Gasteiger partial charge in [-0.15, -0.1) is 0 Å². The molecule has 1 saturated heterocycles. The van der Waals surface area contributed by atoms with Crippen molar-refractivity contribution in [3.05, 3.63) is 29.6 Å². The van der Waals surface area contributed by atoms with Crippen LogP contribution in [0.25, 0.3) is 0 Å². The third kappa shape index (κ3) is 5.02. The molecule has 1 aromatic rings. The molecule has 1 aliphatic rings. The highest BCUT2D eigenvalue weighted by Gasteiger charge is 2.29. The molecule has 0 atom stereocenters. The first-order chi connectivity index (χ1) is 11.1. The molecule has 0 aromatic heterocycles. The summed E-state index contributed by atoms with van der Waals surface area (Å²) in [5, 5.41) is 8.68. The van der Waals surface area contributed by atoms with E-state index < -0.39 is 17.7 Å². The summed E-state index contributed by atoms with van der Waals surface area (Å²) in [5.41, 5.74) is 0.168. The first-order valence-corrected chi connectivity index (χ1v) is 7.78. The highest BCUT2D eigenvalue weighted by atomic mass is 19.1. The van der Waals surface area contributed by atoms with E-state index in [4.69, 9.17) is 19.5 Å². The number of carbonyl (C=O) groups excluding carboxylic acids is 1. The minimum Gasteiger partial charge on any atom is -0.423 e. The van der Waals surface area contributed by atoms with Gasteiger partial charge >= 0.3 is 5.97 Å². The van der Waals surface area contributed by atoms with Crippen molar-refractivity contribution in [2.24, 2.45) is 5.92 Å². The monoisotopic (exact) mass is 321 g/mol. The van der Waals surface area contributed by atoms with Gasteiger partial charge in [0.2, 0.25) is 0 Å². The van der Waals surface area contributed by atoms with Crippen LogP contribution in [0.5, 0.6) is 5.75 Å². The van der Waals surface area contributed by atoms with E-state index in [-0.39, 0.29) is 30.8 Å². The average Bonchev–Trinajstić information content (AvgIpc) is 2.57. The van der Waals surface area contributed by atoms with Crippen LogP contribution in [0.3, 0.4) is 0 Å². The van der Waals surface area contributed by atoms with Gasteiger partial charge in [-0.05, 0) is 31.0 Å². The summed E-state index contributed by atoms with van der Waals surface area (Å²) in [7, 11) is 0. The molecule has 0 radical (unpaired) electrons. The van der Waals surface area contributed by atoms with Gasteiger partial charge in [0.25, 0.3) is 0 Å². The van der Waals surface area contributed by atoms with Crippen LogP contribution in [0.4, 0.5) is 4.39 Å². The SMILES string of the molecule is CCCCCC1OCC(C(=O)Oc2ccc(C#N)cc2F)CO1. The molecule has 5 nitrogen and oxygen atoms in total. The molecule has 1 aliphatic heterocycles. The highest BCUT2D eigenvalue weighted by Crippen LogP contribution is 2.22. The molecule has 1 heterocycles. The molecule has 0 spiro atoms. The van der Waals surface area contributed by atoms with Gasteiger partial charge in [-0.1, -0.05) is 19.8 Å². The second kappa shape index (κ2) is 8.61. The lowest BCUT2D eigenvalue weighted by molar-refractivity contribution is -0.208. The van der Waals surface area contributed by atoms with Crippen molar-refractivity contribution >= 4 is 5.97 Å². The topological polar surface area (TPSA) is 68.5 Å². The maximum Gasteiger partial charge on any atom is 0.319 e. The van der Waals surface area contributed by atoms with E-state index in [1.165, 1.54) is 12.1 Å². The average molecular weight is 321 g/mol. The Morgan fingerprint density at radius 3 is 2.74 bits per heavy atom. The predicted octanol–water partition coefficient (Wildman–Crippen LogP) is 3.17. The van der Waals surface area contributed by atoms with Crippen LogP contribution in [0.15, 0.2) is 18.2 Å². The quantitative estimate of drug-likeness (QED) is 0.457. The van der Waals surface area contributed by atoms with Crippen LogP contribution in [-0.2, 0) is 14.3 Å². The number of unbranched alkanes of at least 4 members (excludes halogenated alkanes) is 2. The van der Waals surface area contributed by atoms with Crippen LogP contribution in [0, 0.1) is 23.1 Å². The third-order valence-corrected chi connectivity index (χ3v) is 3.61. The lowest BCUT2D eigenvalue weighted by Gasteiger charge is -2.28. The van der Waals surface area contributed by atoms with Crippen molar-refractivity contribution in [2.45, 2.75) is 38.9 Å². The summed E-state index contributed by atoms with van der Waals surface area (Å²) in [4.78, 5) is 12.0. The molecule has 0 unspecified atom stereocenters. The minimum absolute atomic E-state index is 0.168. The number of carbonyl (C=O) groups is 1. The second-order valence-corrected chi connectivity index (χ2v) is 5.47. The summed E-state index contributed by atoms with van der Waals surface area (Å²) < 4.78 is 29.7. The molecule has 1 fully saturated rings. The van der Waals surface area contributed by atoms with Crippen LogP contribution in [0.2, 0.25) is 0 Å². The Morgan fingerprint density at radius 1 is 1.39 bits per heavy atom. The molecular formula is C17H20FNO4. The Kier molecular flexibility index (Phi) is 6.51. The number of hydrogen-bond acceptors (Lipinski definition) is 5. The number of esters is 1. The number of halogens is 1. The predicted molar refractivity (Wildman–Crippen MR) is 80.1 cm³/mol. The first kappa shape index (κ1) is 17.4. The Morgan fingerprint density at radius 2 is 2.13 bits per heavy atom. The molecule has 23 heavy (non-hydrogen) atoms. The van der Waals surface area contributed by atoms with Gasteiger partial charge in [-0.2, -0.15) is 5.26 Å². The van der Waals surface area contributed by atoms with Gasteiger partial charge < -0.3 is 14.2 Å². The smallest absolute Gasteiger partial charge is 0.319 e. The zero-order valence-electron chi connectivity index (χ0n) is 13.1. The fraction of sp³-hybridized carbons (Fsp3) is 0.529. The first-order valence-electron chi connectivity index (χ1n) is 7.78. The van der Waals surface area contributed by atoms with Gasteiger partial charge in [0, 0.05) is 0 Å². The molecular weight excluding hydrogens is 301 g/mol. The fourth-order valence-corrected chi connectivity index (χ4v) is 2.25. The summed E-state index contributed by atoms with van der Waals surface area (Å²) in [6.45, 7) is 2.53. The normalized spacial score (nSPS) is 20.7. The molecule has 0 N–H and O–H groups in total. The summed E-state index contributed by atoms with van der Waals surface area (Å²) >= 11 is 0. The summed E-state index contributed by atoms with van der Waals surface area (Å²) in [6.07, 6.45) is 3.79. The van der Waals surface area contributed by atoms with Gasteiger partial charge in [0.15, 0.2) is 17.9 Å². The highest BCUT2D eigenvalue weighted by molar-refractivity contribution is 5.75. The van der Waals surface area contributed by atoms with E-state index in [1.807, 2.05) is 6.07 Å². The molecule has 2 rings (SSSR count). The largest absolute Gasteiger partial charge is 0.423 e. The van der Waals surface area contributed by atoms with Crippen LogP contribution in [-0.4, -0.2) is 25.5 Å². The number of benzene rings is 1. The fourth-order valence-electron chi connectivity index (χ4n) is 2.25. The summed E-state index contributed by atoms with van der Waals surface area (Å²) in [5.74, 6) is -2.11. The Bertz CT molecular complexity index is 576. The summed E-state index contributed by atoms with van der Waals surface area (Å²) in [6, 6.07) is 5.50. The lowest BCUT2D eigenvalue weighted by Crippen LogP contribution is -2.38. The number of rotatable bonds is 6. The number of hydrogen-bond donors (Lipinski definition) is 0. The number of ether oxygens (including phenoxy) is 3. The Hall–Kier alpha value is -1.97. The van der Waals surface area contributed by atoms with E-state index in [1.54, 1.807) is 0 Å². The van der Waals surface area contributed by atoms with Crippen LogP contribution >= 0.6 is 0 Å². The van der Waals surface area contributed by atoms with Crippen molar-refractivity contribution in [1.82, 2.24) is 0 Å². The van der Waals surface area contributed by atoms with Crippen molar-refractivity contribution < 1.29 is 23.4 Å². The molecule has 0 bridgehead atoms. The third-order valence-electron chi connectivity index (χ3n) is 3.61. The lowest BCUT2D eigenvalue weighted by atomic mass is 10.1. The van der Waals surface area contributed by atoms with Gasteiger partial charge in [-0.25, -0.2) is 4.39 Å². The van der Waals surface area contributed by atoms with Crippen molar-refractivity contribution in [3.63, 3.8) is 0 Å². The molecule has 0 aliphatic carbocycles. The van der Waals surface area contributed by atoms with Crippen molar-refractivity contribution in [1.29, 1.82) is 5.26 Å². The van der Waals surface area contributed by atoms with Crippen molar-refractivity contribution in [3.8, 4) is 11.8 Å². The van der Waals surface area contributed by atoms with E-state index in [9.17, 15) is 9.18 Å². The minimum atomic E-state index is -0.743. The number of nitriles is 1. The number of nitrogens with zero attached hydrogens (tertiary/aromatic N) is 1. The molecule has 124 valence electrons. The molecule has 6 heteroatoms. The Labute approximate surface area is 135 Å². The van der Waals surface area contributed by atoms with Gasteiger partial charge in [-0.3, -0.25) is 4.79 Å².